The number of urea groups is 1. The van der Waals surface area contributed by atoms with Gasteiger partial charge in [0.25, 0.3) is 5.91 Å². The second-order valence-electron chi connectivity index (χ2n) is 9.50. The Morgan fingerprint density at radius 3 is 2.08 bits per heavy atom. The summed E-state index contributed by atoms with van der Waals surface area (Å²) in [5.74, 6) is -0.372. The van der Waals surface area contributed by atoms with Crippen molar-refractivity contribution in [2.75, 3.05) is 14.1 Å². The predicted molar refractivity (Wildman–Crippen MR) is 91.9 cm³/mol. The third-order valence-electron chi connectivity index (χ3n) is 4.88. The molecule has 1 unspecified atom stereocenters. The summed E-state index contributed by atoms with van der Waals surface area (Å²) in [6.07, 6.45) is -0.759. The van der Waals surface area contributed by atoms with E-state index in [2.05, 4.69) is 10.6 Å². The highest BCUT2D eigenvalue weighted by Crippen LogP contribution is 2.49. The van der Waals surface area contributed by atoms with E-state index in [9.17, 15) is 19.5 Å². The summed E-state index contributed by atoms with van der Waals surface area (Å²) in [6.45, 7) is 11.8. The smallest absolute Gasteiger partial charge is 0.429 e. The van der Waals surface area contributed by atoms with Crippen LogP contribution < -0.4 is 10.6 Å². The molecule has 0 radical (unpaired) electrons. The Balaban J connectivity index is 2.76. The van der Waals surface area contributed by atoms with E-state index >= 15 is 0 Å². The number of rotatable bonds is 1. The van der Waals surface area contributed by atoms with Gasteiger partial charge in [0.15, 0.2) is 5.70 Å². The topological polar surface area (TPSA) is 98.7 Å². The Morgan fingerprint density at radius 2 is 1.68 bits per heavy atom. The number of amides is 4. The van der Waals surface area contributed by atoms with Crippen molar-refractivity contribution in [1.29, 1.82) is 0 Å². The average Bonchev–Trinajstić information content (AvgIpc) is 2.71. The fraction of sp³-hybridized carbons (Fsp3) is 0.706. The summed E-state index contributed by atoms with van der Waals surface area (Å²) in [6, 6.07) is -0.498. The van der Waals surface area contributed by atoms with Gasteiger partial charge in [-0.3, -0.25) is 4.79 Å². The highest BCUT2D eigenvalue weighted by molar-refractivity contribution is 6.06. The fourth-order valence-electron chi connectivity index (χ4n) is 3.56. The molecule has 2 heterocycles. The van der Waals surface area contributed by atoms with Crippen molar-refractivity contribution in [1.82, 2.24) is 15.5 Å². The summed E-state index contributed by atoms with van der Waals surface area (Å²) in [5.41, 5.74) is -1.82. The molecule has 0 aliphatic carbocycles. The van der Waals surface area contributed by atoms with Crippen LogP contribution in [-0.2, 0) is 4.79 Å². The van der Waals surface area contributed by atoms with E-state index in [-0.39, 0.29) is 15.6 Å². The molecule has 0 fully saturated rings. The summed E-state index contributed by atoms with van der Waals surface area (Å²) in [7, 11) is 3.25. The molecule has 25 heavy (non-hydrogen) atoms. The first-order chi connectivity index (χ1) is 11.0. The number of carbonyl (C=O) groups is 3. The first-order valence-corrected chi connectivity index (χ1v) is 8.31. The number of nitrogens with zero attached hydrogens (tertiary/aromatic N) is 2. The first kappa shape index (κ1) is 19.2. The Kier molecular flexibility index (Phi) is 4.00. The molecule has 1 atom stereocenters. The van der Waals surface area contributed by atoms with Gasteiger partial charge in [-0.15, -0.1) is 0 Å². The fourth-order valence-corrected chi connectivity index (χ4v) is 3.56. The molecule has 0 aromatic rings. The molecule has 4 amide bonds. The average molecular weight is 353 g/mol. The molecule has 2 aliphatic rings. The largest absolute Gasteiger partial charge is 0.465 e. The van der Waals surface area contributed by atoms with Crippen molar-refractivity contribution < 1.29 is 24.0 Å². The summed E-state index contributed by atoms with van der Waals surface area (Å²) in [4.78, 5) is 38.2. The van der Waals surface area contributed by atoms with Gasteiger partial charge in [0, 0.05) is 5.41 Å². The van der Waals surface area contributed by atoms with Gasteiger partial charge in [-0.2, -0.15) is 4.48 Å². The van der Waals surface area contributed by atoms with E-state index in [0.29, 0.717) is 12.2 Å². The minimum absolute atomic E-state index is 0.00345. The van der Waals surface area contributed by atoms with Crippen LogP contribution in [0.25, 0.3) is 0 Å². The number of imide groups is 1. The Hall–Kier alpha value is -2.09. The third-order valence-corrected chi connectivity index (χ3v) is 4.88. The monoisotopic (exact) mass is 353 g/mol. The second-order valence-corrected chi connectivity index (χ2v) is 9.50. The lowest BCUT2D eigenvalue weighted by Crippen LogP contribution is -2.65. The van der Waals surface area contributed by atoms with Gasteiger partial charge in [-0.05, 0) is 11.8 Å². The quantitative estimate of drug-likeness (QED) is 0.628. The first-order valence-electron chi connectivity index (χ1n) is 8.31. The minimum atomic E-state index is -1.22. The minimum Gasteiger partial charge on any atom is -0.465 e. The van der Waals surface area contributed by atoms with Crippen LogP contribution in [0, 0.1) is 10.8 Å². The lowest BCUT2D eigenvalue weighted by Gasteiger charge is -2.49. The molecular weight excluding hydrogens is 324 g/mol. The molecule has 140 valence electrons. The lowest BCUT2D eigenvalue weighted by atomic mass is 9.71. The van der Waals surface area contributed by atoms with Gasteiger partial charge in [-0.1, -0.05) is 41.5 Å². The van der Waals surface area contributed by atoms with Gasteiger partial charge in [0.2, 0.25) is 5.82 Å². The number of quaternary nitrogens is 1. The van der Waals surface area contributed by atoms with Crippen LogP contribution in [0.5, 0.6) is 0 Å². The molecular formula is C17H29N4O4+. The SMILES string of the molecule is CC(C)(C)CC1(C(C)(C)C)NC2=C(C(=O)NC(=O)[N+]2(C)C)N1C(=O)O. The standard InChI is InChI=1S/C17H28N4O4/c1-15(2,3)9-17(16(4,5)6)19-11-10(20(17)14(24)25)12(22)18-13(23)21(11,7)8/h9H2,1-8H3,(H2-,18,19,22,23,24,25)/p+1. The van der Waals surface area contributed by atoms with E-state index in [1.54, 1.807) is 14.1 Å². The van der Waals surface area contributed by atoms with Crippen LogP contribution in [0.3, 0.4) is 0 Å². The van der Waals surface area contributed by atoms with E-state index in [0.717, 1.165) is 4.90 Å². The van der Waals surface area contributed by atoms with Crippen molar-refractivity contribution >= 4 is 18.0 Å². The van der Waals surface area contributed by atoms with Crippen molar-refractivity contribution in [2.24, 2.45) is 10.8 Å². The molecule has 2 aliphatic heterocycles. The molecule has 3 N–H and O–H groups in total. The van der Waals surface area contributed by atoms with Crippen molar-refractivity contribution in [2.45, 2.75) is 53.6 Å². The third kappa shape index (κ3) is 2.78. The second kappa shape index (κ2) is 5.20. The van der Waals surface area contributed by atoms with Gasteiger partial charge < -0.3 is 10.4 Å². The predicted octanol–water partition coefficient (Wildman–Crippen LogP) is 2.24. The summed E-state index contributed by atoms with van der Waals surface area (Å²) in [5, 5.41) is 15.6. The highest BCUT2D eigenvalue weighted by Gasteiger charge is 2.63. The maximum Gasteiger partial charge on any atom is 0.429 e. The zero-order chi connectivity index (χ0) is 19.6. The van der Waals surface area contributed by atoms with Crippen molar-refractivity contribution in [3.05, 3.63) is 11.5 Å². The zero-order valence-corrected chi connectivity index (χ0v) is 16.3. The molecule has 0 aromatic carbocycles. The van der Waals surface area contributed by atoms with Crippen LogP contribution in [0.2, 0.25) is 0 Å². The molecule has 0 saturated heterocycles. The highest BCUT2D eigenvalue weighted by atomic mass is 16.4. The molecule has 0 spiro atoms. The number of carbonyl (C=O) groups excluding carboxylic acids is 2. The lowest BCUT2D eigenvalue weighted by molar-refractivity contribution is -0.773. The van der Waals surface area contributed by atoms with E-state index in [1.807, 2.05) is 41.5 Å². The maximum atomic E-state index is 12.5. The molecule has 0 bridgehead atoms. The number of hydrogen-bond donors (Lipinski definition) is 3. The van der Waals surface area contributed by atoms with Gasteiger partial charge in [-0.25, -0.2) is 19.8 Å². The van der Waals surface area contributed by atoms with Crippen LogP contribution in [0.15, 0.2) is 11.5 Å². The van der Waals surface area contributed by atoms with E-state index in [1.165, 1.54) is 0 Å². The van der Waals surface area contributed by atoms with Crippen molar-refractivity contribution in [3.63, 3.8) is 0 Å². The van der Waals surface area contributed by atoms with Gasteiger partial charge in [0.1, 0.15) is 5.66 Å². The molecule has 0 aromatic heterocycles. The number of carboxylic acid groups (broad SMARTS) is 1. The number of nitrogens with one attached hydrogen (secondary N) is 2. The molecule has 8 heteroatoms. The molecule has 8 nitrogen and oxygen atoms in total. The van der Waals surface area contributed by atoms with Crippen LogP contribution >= 0.6 is 0 Å². The zero-order valence-electron chi connectivity index (χ0n) is 16.3. The van der Waals surface area contributed by atoms with Crippen LogP contribution in [0.4, 0.5) is 9.59 Å². The van der Waals surface area contributed by atoms with E-state index in [4.69, 9.17) is 0 Å². The Bertz CT molecular complexity index is 682. The summed E-state index contributed by atoms with van der Waals surface area (Å²) < 4.78 is -0.271. The summed E-state index contributed by atoms with van der Waals surface area (Å²) >= 11 is 0. The van der Waals surface area contributed by atoms with Crippen LogP contribution in [-0.4, -0.2) is 52.3 Å². The molecule has 0 saturated carbocycles. The Morgan fingerprint density at radius 1 is 1.16 bits per heavy atom. The van der Waals surface area contributed by atoms with Gasteiger partial charge in [0.05, 0.1) is 14.1 Å². The van der Waals surface area contributed by atoms with Crippen LogP contribution in [0.1, 0.15) is 48.0 Å². The normalized spacial score (nSPS) is 26.3. The number of hydrogen-bond acceptors (Lipinski definition) is 4. The molecule has 2 rings (SSSR count). The Labute approximate surface area is 148 Å². The van der Waals surface area contributed by atoms with E-state index < -0.39 is 29.1 Å². The van der Waals surface area contributed by atoms with Crippen molar-refractivity contribution in [3.8, 4) is 0 Å². The van der Waals surface area contributed by atoms with Gasteiger partial charge >= 0.3 is 12.1 Å². The maximum absolute atomic E-state index is 12.5.